The predicted molar refractivity (Wildman–Crippen MR) is 59.8 cm³/mol. The molecule has 0 aromatic carbocycles. The van der Waals surface area contributed by atoms with Gasteiger partial charge in [0.1, 0.15) is 6.10 Å². The van der Waals surface area contributed by atoms with Gasteiger partial charge in [0.05, 0.1) is 18.8 Å². The van der Waals surface area contributed by atoms with Gasteiger partial charge in [-0.1, -0.05) is 0 Å². The summed E-state index contributed by atoms with van der Waals surface area (Å²) in [7, 11) is -2.67. The SMILES string of the molecule is CNC(=O)C1CN(S(=O)(=O)CCC(F)(F)F)CCO1. The number of likely N-dealkylation sites (N-methyl/N-ethyl adjacent to an activating group) is 1. The minimum Gasteiger partial charge on any atom is -0.366 e. The van der Waals surface area contributed by atoms with E-state index < -0.39 is 40.4 Å². The molecule has 1 heterocycles. The molecule has 0 aliphatic carbocycles. The Kier molecular flexibility index (Phi) is 5.16. The second kappa shape index (κ2) is 6.06. The number of rotatable bonds is 4. The van der Waals surface area contributed by atoms with E-state index in [1.807, 2.05) is 0 Å². The molecule has 1 fully saturated rings. The van der Waals surface area contributed by atoms with Crippen LogP contribution in [0, 0.1) is 0 Å². The lowest BCUT2D eigenvalue weighted by atomic mass is 10.3. The van der Waals surface area contributed by atoms with E-state index in [1.54, 1.807) is 0 Å². The molecule has 1 N–H and O–H groups in total. The first kappa shape index (κ1) is 16.2. The summed E-state index contributed by atoms with van der Waals surface area (Å²) < 4.78 is 65.5. The first-order valence-electron chi connectivity index (χ1n) is 5.53. The maximum absolute atomic E-state index is 12.0. The fraction of sp³-hybridized carbons (Fsp3) is 0.889. The van der Waals surface area contributed by atoms with E-state index in [2.05, 4.69) is 5.32 Å². The molecule has 0 saturated carbocycles. The molecule has 112 valence electrons. The lowest BCUT2D eigenvalue weighted by Gasteiger charge is -2.31. The molecule has 1 saturated heterocycles. The van der Waals surface area contributed by atoms with Gasteiger partial charge in [-0.3, -0.25) is 4.79 Å². The zero-order valence-electron chi connectivity index (χ0n) is 10.2. The number of nitrogens with zero attached hydrogens (tertiary/aromatic N) is 1. The second-order valence-electron chi connectivity index (χ2n) is 4.01. The van der Waals surface area contributed by atoms with Crippen LogP contribution in [0.2, 0.25) is 0 Å². The second-order valence-corrected chi connectivity index (χ2v) is 6.10. The molecule has 1 rings (SSSR count). The number of hydrogen-bond acceptors (Lipinski definition) is 4. The molecule has 0 spiro atoms. The number of alkyl halides is 3. The van der Waals surface area contributed by atoms with Gasteiger partial charge in [0.2, 0.25) is 15.9 Å². The molecule has 1 aliphatic rings. The van der Waals surface area contributed by atoms with Crippen molar-refractivity contribution in [1.82, 2.24) is 9.62 Å². The van der Waals surface area contributed by atoms with E-state index in [0.717, 1.165) is 4.31 Å². The van der Waals surface area contributed by atoms with Gasteiger partial charge in [0, 0.05) is 20.1 Å². The van der Waals surface area contributed by atoms with Gasteiger partial charge in [0.25, 0.3) is 0 Å². The predicted octanol–water partition coefficient (Wildman–Crippen LogP) is -0.285. The van der Waals surface area contributed by atoms with Crippen molar-refractivity contribution in [2.75, 3.05) is 32.5 Å². The van der Waals surface area contributed by atoms with Crippen molar-refractivity contribution in [3.63, 3.8) is 0 Å². The van der Waals surface area contributed by atoms with E-state index >= 15 is 0 Å². The van der Waals surface area contributed by atoms with Crippen LogP contribution < -0.4 is 5.32 Å². The Labute approximate surface area is 108 Å². The van der Waals surface area contributed by atoms with Crippen LogP contribution in [0.4, 0.5) is 13.2 Å². The topological polar surface area (TPSA) is 75.7 Å². The smallest absolute Gasteiger partial charge is 0.366 e. The van der Waals surface area contributed by atoms with Gasteiger partial charge in [0.15, 0.2) is 0 Å². The summed E-state index contributed by atoms with van der Waals surface area (Å²) >= 11 is 0. The number of nitrogens with one attached hydrogen (secondary N) is 1. The number of hydrogen-bond donors (Lipinski definition) is 1. The summed E-state index contributed by atoms with van der Waals surface area (Å²) in [5.74, 6) is -1.52. The van der Waals surface area contributed by atoms with Crippen molar-refractivity contribution in [1.29, 1.82) is 0 Å². The summed E-state index contributed by atoms with van der Waals surface area (Å²) in [4.78, 5) is 11.3. The lowest BCUT2D eigenvalue weighted by molar-refractivity contribution is -0.136. The molecule has 1 aliphatic heterocycles. The van der Waals surface area contributed by atoms with Crippen LogP contribution in [0.15, 0.2) is 0 Å². The molecule has 0 aromatic heterocycles. The minimum atomic E-state index is -4.53. The number of carbonyl (C=O) groups is 1. The molecule has 0 bridgehead atoms. The Morgan fingerprint density at radius 1 is 1.47 bits per heavy atom. The first-order chi connectivity index (χ1) is 8.65. The highest BCUT2D eigenvalue weighted by Gasteiger charge is 2.36. The normalized spacial score (nSPS) is 22.2. The minimum absolute atomic E-state index is 0.0245. The number of ether oxygens (including phenoxy) is 1. The van der Waals surface area contributed by atoms with Crippen molar-refractivity contribution in [3.05, 3.63) is 0 Å². The first-order valence-corrected chi connectivity index (χ1v) is 7.14. The monoisotopic (exact) mass is 304 g/mol. The molecular weight excluding hydrogens is 289 g/mol. The molecule has 19 heavy (non-hydrogen) atoms. The van der Waals surface area contributed by atoms with E-state index in [1.165, 1.54) is 7.05 Å². The molecule has 1 atom stereocenters. The maximum Gasteiger partial charge on any atom is 0.390 e. The standard InChI is InChI=1S/C9H15F3N2O4S/c1-13-8(15)7-6-14(3-4-18-7)19(16,17)5-2-9(10,11)12/h7H,2-6H2,1H3,(H,13,15). The number of carbonyl (C=O) groups excluding carboxylic acids is 1. The summed E-state index contributed by atoms with van der Waals surface area (Å²) in [6.45, 7) is -0.336. The van der Waals surface area contributed by atoms with E-state index in [9.17, 15) is 26.4 Å². The fourth-order valence-electron chi connectivity index (χ4n) is 1.57. The summed E-state index contributed by atoms with van der Waals surface area (Å²) in [6, 6.07) is 0. The molecule has 1 unspecified atom stereocenters. The quantitative estimate of drug-likeness (QED) is 0.775. The van der Waals surface area contributed by atoms with Crippen LogP contribution in [-0.4, -0.2) is 63.4 Å². The van der Waals surface area contributed by atoms with E-state index in [-0.39, 0.29) is 19.7 Å². The van der Waals surface area contributed by atoms with Gasteiger partial charge in [-0.2, -0.15) is 17.5 Å². The number of morpholine rings is 1. The van der Waals surface area contributed by atoms with Crippen LogP contribution in [0.3, 0.4) is 0 Å². The van der Waals surface area contributed by atoms with Crippen LogP contribution in [0.1, 0.15) is 6.42 Å². The van der Waals surface area contributed by atoms with Gasteiger partial charge in [-0.15, -0.1) is 0 Å². The van der Waals surface area contributed by atoms with Crippen LogP contribution in [0.5, 0.6) is 0 Å². The molecular formula is C9H15F3N2O4S. The van der Waals surface area contributed by atoms with Crippen molar-refractivity contribution in [2.24, 2.45) is 0 Å². The van der Waals surface area contributed by atoms with E-state index in [0.29, 0.717) is 0 Å². The molecule has 10 heteroatoms. The fourth-order valence-corrected chi connectivity index (χ4v) is 3.03. The van der Waals surface area contributed by atoms with Crippen LogP contribution in [0.25, 0.3) is 0 Å². The van der Waals surface area contributed by atoms with Crippen molar-refractivity contribution < 1.29 is 31.1 Å². The van der Waals surface area contributed by atoms with Crippen LogP contribution >= 0.6 is 0 Å². The maximum atomic E-state index is 12.0. The Balaban J connectivity index is 2.65. The van der Waals surface area contributed by atoms with Crippen molar-refractivity contribution >= 4 is 15.9 Å². The average Bonchev–Trinajstić information content (AvgIpc) is 2.35. The zero-order valence-corrected chi connectivity index (χ0v) is 11.1. The number of amides is 1. The van der Waals surface area contributed by atoms with Gasteiger partial charge >= 0.3 is 6.18 Å². The number of sulfonamides is 1. The van der Waals surface area contributed by atoms with Gasteiger partial charge < -0.3 is 10.1 Å². The Morgan fingerprint density at radius 3 is 2.63 bits per heavy atom. The van der Waals surface area contributed by atoms with Crippen LogP contribution in [-0.2, 0) is 19.6 Å². The summed E-state index contributed by atoms with van der Waals surface area (Å²) in [5.41, 5.74) is 0. The third kappa shape index (κ3) is 4.96. The van der Waals surface area contributed by atoms with E-state index in [4.69, 9.17) is 4.74 Å². The highest BCUT2D eigenvalue weighted by atomic mass is 32.2. The highest BCUT2D eigenvalue weighted by Crippen LogP contribution is 2.22. The zero-order chi connectivity index (χ0) is 14.7. The summed E-state index contributed by atoms with van der Waals surface area (Å²) in [5, 5.41) is 2.30. The van der Waals surface area contributed by atoms with Gasteiger partial charge in [-0.05, 0) is 0 Å². The van der Waals surface area contributed by atoms with Crippen molar-refractivity contribution in [2.45, 2.75) is 18.7 Å². The Hall–Kier alpha value is -0.870. The highest BCUT2D eigenvalue weighted by molar-refractivity contribution is 7.89. The molecule has 1 amide bonds. The average molecular weight is 304 g/mol. The summed E-state index contributed by atoms with van der Waals surface area (Å²) in [6.07, 6.45) is -6.92. The third-order valence-electron chi connectivity index (χ3n) is 2.60. The van der Waals surface area contributed by atoms with Gasteiger partial charge in [-0.25, -0.2) is 8.42 Å². The third-order valence-corrected chi connectivity index (χ3v) is 4.44. The molecule has 6 nitrogen and oxygen atoms in total. The molecule has 0 aromatic rings. The number of halogens is 3. The Morgan fingerprint density at radius 2 is 2.11 bits per heavy atom. The van der Waals surface area contributed by atoms with Crippen molar-refractivity contribution in [3.8, 4) is 0 Å². The largest absolute Gasteiger partial charge is 0.390 e. The lowest BCUT2D eigenvalue weighted by Crippen LogP contribution is -2.51. The Bertz CT molecular complexity index is 424. The molecule has 0 radical (unpaired) electrons.